The van der Waals surface area contributed by atoms with Crippen LogP contribution in [0.25, 0.3) is 11.0 Å². The molecule has 29 heavy (non-hydrogen) atoms. The number of carbonyl (C=O) groups is 1. The molecule has 3 heterocycles. The van der Waals surface area contributed by atoms with Gasteiger partial charge in [-0.15, -0.1) is 11.8 Å². The molecule has 2 aliphatic rings. The number of carbonyl (C=O) groups excluding carboxylic acids is 1. The van der Waals surface area contributed by atoms with Gasteiger partial charge in [0.1, 0.15) is 5.58 Å². The number of fused-ring (bicyclic) bond motifs is 2. The molecule has 5 rings (SSSR count). The van der Waals surface area contributed by atoms with Crippen molar-refractivity contribution in [2.75, 3.05) is 19.4 Å². The zero-order valence-electron chi connectivity index (χ0n) is 16.1. The summed E-state index contributed by atoms with van der Waals surface area (Å²) in [6.45, 7) is 1.17. The van der Waals surface area contributed by atoms with Gasteiger partial charge in [0.15, 0.2) is 5.43 Å². The van der Waals surface area contributed by atoms with Crippen LogP contribution >= 0.6 is 11.8 Å². The molecule has 148 valence electrons. The highest BCUT2D eigenvalue weighted by Gasteiger charge is 2.43. The van der Waals surface area contributed by atoms with Crippen molar-refractivity contribution < 1.29 is 13.9 Å². The van der Waals surface area contributed by atoms with Crippen LogP contribution in [0.4, 0.5) is 0 Å². The van der Waals surface area contributed by atoms with Crippen LogP contribution in [0.3, 0.4) is 0 Å². The molecular formula is C23H21NO4S. The molecule has 2 aliphatic heterocycles. The summed E-state index contributed by atoms with van der Waals surface area (Å²) in [6.07, 6.45) is 3.93. The first-order valence-electron chi connectivity index (χ1n) is 9.79. The number of hydrogen-bond donors (Lipinski definition) is 0. The average Bonchev–Trinajstić information content (AvgIpc) is 3.36. The van der Waals surface area contributed by atoms with Crippen molar-refractivity contribution in [2.45, 2.75) is 29.9 Å². The molecular weight excluding hydrogens is 386 g/mol. The lowest BCUT2D eigenvalue weighted by Gasteiger charge is -2.27. The van der Waals surface area contributed by atoms with Gasteiger partial charge in [-0.25, -0.2) is 0 Å². The van der Waals surface area contributed by atoms with Crippen LogP contribution in [0.15, 0.2) is 62.6 Å². The van der Waals surface area contributed by atoms with E-state index in [2.05, 4.69) is 0 Å². The number of rotatable bonds is 4. The van der Waals surface area contributed by atoms with E-state index < -0.39 is 6.04 Å². The first-order chi connectivity index (χ1) is 14.2. The molecule has 1 amide bonds. The fraction of sp³-hybridized carbons (Fsp3) is 0.304. The van der Waals surface area contributed by atoms with Crippen LogP contribution in [0, 0.1) is 0 Å². The molecule has 0 saturated carbocycles. The highest BCUT2D eigenvalue weighted by Crippen LogP contribution is 2.39. The largest absolute Gasteiger partial charge is 0.450 e. The maximum absolute atomic E-state index is 13.4. The minimum Gasteiger partial charge on any atom is -0.450 e. The number of hydrogen-bond acceptors (Lipinski definition) is 5. The lowest BCUT2D eigenvalue weighted by molar-refractivity contribution is 0.0486. The summed E-state index contributed by atoms with van der Waals surface area (Å²) in [5.41, 5.74) is 1.66. The maximum Gasteiger partial charge on any atom is 0.291 e. The fourth-order valence-corrected chi connectivity index (χ4v) is 4.70. The maximum atomic E-state index is 13.4. The van der Waals surface area contributed by atoms with Crippen molar-refractivity contribution in [3.8, 4) is 0 Å². The molecule has 1 saturated heterocycles. The standard InChI is InChI=1S/C23H21NO4S/c1-29-16-10-8-14(9-11-16)20-19-21(25)17-6-2-3-7-18(17)28-22(19)23(26)24(20)13-15-5-4-12-27-15/h2-3,6-11,15,20H,4-5,12-13H2,1H3/t15-,20+/m0/s1. The second-order valence-electron chi connectivity index (χ2n) is 7.44. The first kappa shape index (κ1) is 18.5. The molecule has 0 spiro atoms. The summed E-state index contributed by atoms with van der Waals surface area (Å²) in [5.74, 6) is -0.0806. The Kier molecular flexibility index (Phi) is 4.68. The number of para-hydroxylation sites is 1. The van der Waals surface area contributed by atoms with Gasteiger partial charge in [0.25, 0.3) is 5.91 Å². The molecule has 1 aromatic heterocycles. The Bertz CT molecular complexity index is 1130. The normalized spacial score (nSPS) is 21.1. The Morgan fingerprint density at radius 1 is 1.10 bits per heavy atom. The van der Waals surface area contributed by atoms with Gasteiger partial charge in [-0.3, -0.25) is 9.59 Å². The summed E-state index contributed by atoms with van der Waals surface area (Å²) in [4.78, 5) is 29.6. The number of benzene rings is 2. The quantitative estimate of drug-likeness (QED) is 0.606. The van der Waals surface area contributed by atoms with E-state index in [1.807, 2.05) is 36.6 Å². The van der Waals surface area contributed by atoms with Gasteiger partial charge in [0.05, 0.1) is 23.1 Å². The molecule has 0 aliphatic carbocycles. The smallest absolute Gasteiger partial charge is 0.291 e. The summed E-state index contributed by atoms with van der Waals surface area (Å²) in [7, 11) is 0. The van der Waals surface area contributed by atoms with E-state index in [4.69, 9.17) is 9.15 Å². The van der Waals surface area contributed by atoms with Crippen LogP contribution in [0.2, 0.25) is 0 Å². The summed E-state index contributed by atoms with van der Waals surface area (Å²) in [5, 5.41) is 0.503. The summed E-state index contributed by atoms with van der Waals surface area (Å²) < 4.78 is 11.7. The van der Waals surface area contributed by atoms with Crippen molar-refractivity contribution in [1.82, 2.24) is 4.90 Å². The second kappa shape index (κ2) is 7.35. The zero-order valence-corrected chi connectivity index (χ0v) is 16.9. The van der Waals surface area contributed by atoms with Gasteiger partial charge in [-0.1, -0.05) is 24.3 Å². The van der Waals surface area contributed by atoms with Crippen LogP contribution < -0.4 is 5.43 Å². The highest BCUT2D eigenvalue weighted by molar-refractivity contribution is 7.98. The molecule has 2 aromatic carbocycles. The van der Waals surface area contributed by atoms with Gasteiger partial charge in [0, 0.05) is 18.0 Å². The molecule has 0 radical (unpaired) electrons. The Balaban J connectivity index is 1.68. The Labute approximate surface area is 172 Å². The van der Waals surface area contributed by atoms with Crippen LogP contribution in [-0.2, 0) is 4.74 Å². The van der Waals surface area contributed by atoms with Crippen molar-refractivity contribution in [2.24, 2.45) is 0 Å². The van der Waals surface area contributed by atoms with E-state index in [0.29, 0.717) is 29.7 Å². The van der Waals surface area contributed by atoms with Gasteiger partial charge in [-0.05, 0) is 48.9 Å². The third-order valence-electron chi connectivity index (χ3n) is 5.73. The predicted octanol–water partition coefficient (Wildman–Crippen LogP) is 4.24. The van der Waals surface area contributed by atoms with E-state index in [9.17, 15) is 9.59 Å². The van der Waals surface area contributed by atoms with Crippen molar-refractivity contribution in [3.63, 3.8) is 0 Å². The predicted molar refractivity (Wildman–Crippen MR) is 113 cm³/mol. The summed E-state index contributed by atoms with van der Waals surface area (Å²) in [6, 6.07) is 14.7. The van der Waals surface area contributed by atoms with E-state index in [-0.39, 0.29) is 23.2 Å². The van der Waals surface area contributed by atoms with E-state index >= 15 is 0 Å². The molecule has 0 bridgehead atoms. The molecule has 1 fully saturated rings. The van der Waals surface area contributed by atoms with Gasteiger partial charge >= 0.3 is 0 Å². The number of thioether (sulfide) groups is 1. The highest BCUT2D eigenvalue weighted by atomic mass is 32.2. The molecule has 0 N–H and O–H groups in total. The van der Waals surface area contributed by atoms with Crippen molar-refractivity contribution >= 4 is 28.6 Å². The SMILES string of the molecule is CSc1ccc([C@@H]2c3c(oc4ccccc4c3=O)C(=O)N2C[C@@H]2CCCO2)cc1. The Morgan fingerprint density at radius 2 is 1.90 bits per heavy atom. The van der Waals surface area contributed by atoms with Crippen molar-refractivity contribution in [1.29, 1.82) is 0 Å². The zero-order chi connectivity index (χ0) is 20.0. The van der Waals surface area contributed by atoms with Crippen LogP contribution in [0.5, 0.6) is 0 Å². The van der Waals surface area contributed by atoms with Crippen LogP contribution in [0.1, 0.15) is 40.6 Å². The monoisotopic (exact) mass is 407 g/mol. The molecule has 6 heteroatoms. The molecule has 3 aromatic rings. The van der Waals surface area contributed by atoms with Gasteiger partial charge in [-0.2, -0.15) is 0 Å². The van der Waals surface area contributed by atoms with Gasteiger partial charge in [0.2, 0.25) is 5.76 Å². The lowest BCUT2D eigenvalue weighted by Crippen LogP contribution is -2.36. The molecule has 5 nitrogen and oxygen atoms in total. The number of amides is 1. The lowest BCUT2D eigenvalue weighted by atomic mass is 9.98. The first-order valence-corrected chi connectivity index (χ1v) is 11.0. The second-order valence-corrected chi connectivity index (χ2v) is 8.32. The number of ether oxygens (including phenoxy) is 1. The number of nitrogens with zero attached hydrogens (tertiary/aromatic N) is 1. The van der Waals surface area contributed by atoms with E-state index in [0.717, 1.165) is 23.3 Å². The fourth-order valence-electron chi connectivity index (χ4n) is 4.30. The Hall–Kier alpha value is -2.57. The van der Waals surface area contributed by atoms with Crippen molar-refractivity contribution in [3.05, 3.63) is 75.6 Å². The molecule has 0 unspecified atom stereocenters. The minimum absolute atomic E-state index is 0.00856. The van der Waals surface area contributed by atoms with Crippen LogP contribution in [-0.4, -0.2) is 36.3 Å². The van der Waals surface area contributed by atoms with Gasteiger partial charge < -0.3 is 14.1 Å². The minimum atomic E-state index is -0.460. The van der Waals surface area contributed by atoms with E-state index in [1.54, 1.807) is 34.9 Å². The molecule has 2 atom stereocenters. The average molecular weight is 407 g/mol. The van der Waals surface area contributed by atoms with E-state index in [1.165, 1.54) is 0 Å². The summed E-state index contributed by atoms with van der Waals surface area (Å²) >= 11 is 1.66. The topological polar surface area (TPSA) is 59.8 Å². The Morgan fingerprint density at radius 3 is 2.62 bits per heavy atom. The third kappa shape index (κ3) is 3.07. The third-order valence-corrected chi connectivity index (χ3v) is 6.47.